The fraction of sp³-hybridized carbons (Fsp3) is 0.750. The van der Waals surface area contributed by atoms with Gasteiger partial charge in [0.15, 0.2) is 8.38 Å². The third kappa shape index (κ3) is 10.7. The molecule has 2 radical (unpaired) electrons. The molecule has 1 rings (SSSR count). The summed E-state index contributed by atoms with van der Waals surface area (Å²) in [5, 5.41) is 0. The van der Waals surface area contributed by atoms with Gasteiger partial charge in [-0.3, -0.25) is 4.31 Å². The van der Waals surface area contributed by atoms with Crippen LogP contribution in [0, 0.1) is 0 Å². The zero-order valence-electron chi connectivity index (χ0n) is 8.78. The van der Waals surface area contributed by atoms with Crippen LogP contribution in [-0.2, 0) is 4.74 Å². The number of hydrogen-bond donors (Lipinski definition) is 3. The maximum Gasteiger partial charge on any atom is 0.191 e. The third-order valence-corrected chi connectivity index (χ3v) is 2.60. The van der Waals surface area contributed by atoms with Crippen LogP contribution in [-0.4, -0.2) is 47.6 Å². The minimum absolute atomic E-state index is 0.0813. The molecule has 1 aliphatic heterocycles. The van der Waals surface area contributed by atoms with Gasteiger partial charge in [-0.15, -0.1) is 0 Å². The molecule has 0 aromatic carbocycles. The molecular weight excluding hydrogens is 232 g/mol. The smallest absolute Gasteiger partial charge is 0.191 e. The van der Waals surface area contributed by atoms with E-state index >= 15 is 0 Å². The average Bonchev–Trinajstić information content (AvgIpc) is 2.32. The Bertz CT molecular complexity index is 175. The van der Waals surface area contributed by atoms with Crippen LogP contribution in [0.15, 0.2) is 11.9 Å². The van der Waals surface area contributed by atoms with E-state index in [1.807, 2.05) is 4.31 Å². The molecule has 1 aliphatic rings. The van der Waals surface area contributed by atoms with Crippen molar-refractivity contribution in [1.29, 1.82) is 0 Å². The Labute approximate surface area is 99.2 Å². The summed E-state index contributed by atoms with van der Waals surface area (Å²) in [6, 6.07) is -0.0813. The average molecular weight is 249 g/mol. The Morgan fingerprint density at radius 1 is 1.53 bits per heavy atom. The number of hydrogen-bond acceptors (Lipinski definition) is 5. The van der Waals surface area contributed by atoms with Gasteiger partial charge in [0.05, 0.1) is 6.61 Å². The van der Waals surface area contributed by atoms with Gasteiger partial charge in [0.25, 0.3) is 0 Å². The second-order valence-corrected chi connectivity index (χ2v) is 4.46. The van der Waals surface area contributed by atoms with Crippen LogP contribution in [0.4, 0.5) is 0 Å². The molecule has 1 heterocycles. The molecule has 7 heteroatoms. The largest absolute Gasteiger partial charge is 0.387 e. The fourth-order valence-corrected chi connectivity index (χ4v) is 1.38. The molecule has 1 atom stereocenters. The molecule has 0 aromatic heterocycles. The summed E-state index contributed by atoms with van der Waals surface area (Å²) < 4.78 is 7.08. The molecule has 4 nitrogen and oxygen atoms in total. The molecule has 15 heavy (non-hydrogen) atoms. The summed E-state index contributed by atoms with van der Waals surface area (Å²) in [7, 11) is 3.73. The third-order valence-electron chi connectivity index (χ3n) is 1.64. The van der Waals surface area contributed by atoms with Crippen molar-refractivity contribution in [1.82, 2.24) is 4.31 Å². The van der Waals surface area contributed by atoms with Crippen molar-refractivity contribution in [3.63, 3.8) is 0 Å². The molecule has 0 aliphatic carbocycles. The first kappa shape index (κ1) is 15.4. The number of nitrogens with zero attached hydrogens (tertiary/aromatic N) is 1. The van der Waals surface area contributed by atoms with E-state index in [4.69, 9.17) is 22.4 Å². The maximum atomic E-state index is 8.09. The van der Waals surface area contributed by atoms with Crippen LogP contribution in [0.5, 0.6) is 0 Å². The standard InChI is InChI=1S/C5H10BNOS.C3H7O2P/c6-5-1-2-7(9)3-4-8-5;1-2-3-6(4)5/h5,9H,1-4H2;2-5H,1H3/b;3-2+. The highest BCUT2D eigenvalue weighted by Gasteiger charge is 2.09. The minimum Gasteiger partial charge on any atom is -0.387 e. The predicted molar refractivity (Wildman–Crippen MR) is 66.8 cm³/mol. The van der Waals surface area contributed by atoms with Gasteiger partial charge < -0.3 is 14.5 Å². The van der Waals surface area contributed by atoms with Crippen LogP contribution >= 0.6 is 21.2 Å². The summed E-state index contributed by atoms with van der Waals surface area (Å²) in [5.41, 5.74) is 0. The van der Waals surface area contributed by atoms with Crippen LogP contribution in [0.2, 0.25) is 0 Å². The Balaban J connectivity index is 0.000000288. The molecule has 2 N–H and O–H groups in total. The Morgan fingerprint density at radius 2 is 2.20 bits per heavy atom. The van der Waals surface area contributed by atoms with Gasteiger partial charge >= 0.3 is 0 Å². The lowest BCUT2D eigenvalue weighted by Gasteiger charge is -2.08. The summed E-state index contributed by atoms with van der Waals surface area (Å²) in [6.45, 7) is 4.23. The zero-order chi connectivity index (χ0) is 11.7. The summed E-state index contributed by atoms with van der Waals surface area (Å²) in [6.07, 6.45) is 2.48. The van der Waals surface area contributed by atoms with Crippen molar-refractivity contribution in [2.45, 2.75) is 19.3 Å². The summed E-state index contributed by atoms with van der Waals surface area (Å²) in [4.78, 5) is 16.2. The van der Waals surface area contributed by atoms with E-state index in [9.17, 15) is 0 Å². The van der Waals surface area contributed by atoms with Crippen LogP contribution in [0.1, 0.15) is 13.3 Å². The van der Waals surface area contributed by atoms with Crippen molar-refractivity contribution in [3.05, 3.63) is 11.9 Å². The first-order chi connectivity index (χ1) is 7.06. The molecule has 0 saturated carbocycles. The number of rotatable bonds is 1. The summed E-state index contributed by atoms with van der Waals surface area (Å²) in [5.74, 6) is 1.34. The molecule has 0 aromatic rings. The molecule has 1 unspecified atom stereocenters. The highest BCUT2D eigenvalue weighted by molar-refractivity contribution is 7.77. The quantitative estimate of drug-likeness (QED) is 0.366. The number of ether oxygens (including phenoxy) is 1. The lowest BCUT2D eigenvalue weighted by atomic mass is 9.97. The van der Waals surface area contributed by atoms with Crippen molar-refractivity contribution >= 4 is 29.0 Å². The molecule has 0 spiro atoms. The predicted octanol–water partition coefficient (Wildman–Crippen LogP) is 0.865. The fourth-order valence-electron chi connectivity index (χ4n) is 0.914. The van der Waals surface area contributed by atoms with Crippen molar-refractivity contribution in [2.75, 3.05) is 19.7 Å². The number of allylic oxidation sites excluding steroid dienone is 1. The van der Waals surface area contributed by atoms with E-state index in [0.29, 0.717) is 6.61 Å². The first-order valence-corrected chi connectivity index (χ1v) is 6.38. The van der Waals surface area contributed by atoms with Gasteiger partial charge in [0, 0.05) is 19.1 Å². The Hall–Kier alpha value is 0.425. The van der Waals surface area contributed by atoms with Gasteiger partial charge in [-0.25, -0.2) is 0 Å². The topological polar surface area (TPSA) is 52.9 Å². The van der Waals surface area contributed by atoms with Crippen LogP contribution < -0.4 is 0 Å². The van der Waals surface area contributed by atoms with Crippen molar-refractivity contribution in [2.24, 2.45) is 0 Å². The zero-order valence-corrected chi connectivity index (χ0v) is 10.6. The highest BCUT2D eigenvalue weighted by atomic mass is 32.1. The van der Waals surface area contributed by atoms with E-state index in [0.717, 1.165) is 19.5 Å². The first-order valence-electron chi connectivity index (χ1n) is 4.67. The summed E-state index contributed by atoms with van der Waals surface area (Å²) >= 11 is 4.17. The van der Waals surface area contributed by atoms with Gasteiger partial charge in [-0.1, -0.05) is 18.9 Å². The van der Waals surface area contributed by atoms with Crippen molar-refractivity contribution < 1.29 is 14.5 Å². The normalized spacial score (nSPS) is 23.7. The monoisotopic (exact) mass is 249 g/mol. The molecule has 1 fully saturated rings. The Morgan fingerprint density at radius 3 is 2.67 bits per heavy atom. The van der Waals surface area contributed by atoms with Crippen LogP contribution in [0.25, 0.3) is 0 Å². The van der Waals surface area contributed by atoms with E-state index in [1.165, 1.54) is 5.82 Å². The van der Waals surface area contributed by atoms with E-state index in [2.05, 4.69) is 12.8 Å². The van der Waals surface area contributed by atoms with Crippen molar-refractivity contribution in [3.8, 4) is 0 Å². The second kappa shape index (κ2) is 9.64. The van der Waals surface area contributed by atoms with Gasteiger partial charge in [0.1, 0.15) is 7.85 Å². The molecular formula is C8H17BNO3PS. The van der Waals surface area contributed by atoms with E-state index in [-0.39, 0.29) is 6.00 Å². The SMILES string of the molecule is C/C=C/P(O)O.[B]C1CCN(S)CCO1. The van der Waals surface area contributed by atoms with E-state index in [1.54, 1.807) is 13.0 Å². The highest BCUT2D eigenvalue weighted by Crippen LogP contribution is 2.23. The number of thiol groups is 1. The molecule has 0 bridgehead atoms. The Kier molecular flexibility index (Phi) is 9.91. The molecule has 86 valence electrons. The van der Waals surface area contributed by atoms with Gasteiger partial charge in [-0.2, -0.15) is 0 Å². The molecule has 0 amide bonds. The molecule has 1 saturated heterocycles. The lowest BCUT2D eigenvalue weighted by molar-refractivity contribution is 0.119. The lowest BCUT2D eigenvalue weighted by Crippen LogP contribution is -2.14. The van der Waals surface area contributed by atoms with Gasteiger partial charge in [-0.05, 0) is 19.2 Å². The maximum absolute atomic E-state index is 8.09. The van der Waals surface area contributed by atoms with Gasteiger partial charge in [0.2, 0.25) is 0 Å². The second-order valence-electron chi connectivity index (χ2n) is 2.95. The minimum atomic E-state index is -1.78. The van der Waals surface area contributed by atoms with E-state index < -0.39 is 8.38 Å². The van der Waals surface area contributed by atoms with Crippen LogP contribution in [0.3, 0.4) is 0 Å².